The molecule has 0 aliphatic carbocycles. The van der Waals surface area contributed by atoms with E-state index in [1.165, 1.54) is 0 Å². The molecule has 1 rings (SSSR count). The molecule has 0 radical (unpaired) electrons. The summed E-state index contributed by atoms with van der Waals surface area (Å²) in [4.78, 5) is 25.6. The lowest BCUT2D eigenvalue weighted by Crippen LogP contribution is -2.45. The van der Waals surface area contributed by atoms with E-state index in [0.29, 0.717) is 36.1 Å². The van der Waals surface area contributed by atoms with Gasteiger partial charge < -0.3 is 15.4 Å². The third-order valence-corrected chi connectivity index (χ3v) is 6.00. The van der Waals surface area contributed by atoms with Crippen molar-refractivity contribution in [2.45, 2.75) is 105 Å². The number of hydrogen-bond donors (Lipinski definition) is 2. The number of carbonyl (C=O) groups is 2. The molecule has 1 atom stereocenters. The third-order valence-electron chi connectivity index (χ3n) is 6.00. The summed E-state index contributed by atoms with van der Waals surface area (Å²) in [6.07, 6.45) is 3.36. The summed E-state index contributed by atoms with van der Waals surface area (Å²) < 4.78 is 6.11. The SMILES string of the molecule is CCC(CC(C)C)C(=O)c1ccc(C(=O)NC(C)(C)CCOC(C)(C)CCNC(C)C)cc1. The fourth-order valence-electron chi connectivity index (χ4n) is 3.81. The largest absolute Gasteiger partial charge is 0.375 e. The van der Waals surface area contributed by atoms with Crippen LogP contribution < -0.4 is 10.6 Å². The molecule has 0 spiro atoms. The molecule has 5 heteroatoms. The second-order valence-corrected chi connectivity index (χ2v) is 11.2. The minimum absolute atomic E-state index is 0.0361. The first-order chi connectivity index (χ1) is 15.3. The van der Waals surface area contributed by atoms with Crippen molar-refractivity contribution >= 4 is 11.7 Å². The lowest BCUT2D eigenvalue weighted by atomic mass is 9.87. The van der Waals surface area contributed by atoms with Crippen LogP contribution in [-0.2, 0) is 4.74 Å². The molecule has 0 aliphatic heterocycles. The van der Waals surface area contributed by atoms with Crippen LogP contribution in [0.4, 0.5) is 0 Å². The molecule has 1 aromatic rings. The van der Waals surface area contributed by atoms with E-state index in [1.807, 2.05) is 13.8 Å². The van der Waals surface area contributed by atoms with Crippen LogP contribution in [0.15, 0.2) is 24.3 Å². The summed E-state index contributed by atoms with van der Waals surface area (Å²) in [7, 11) is 0. The van der Waals surface area contributed by atoms with Crippen molar-refractivity contribution in [2.24, 2.45) is 11.8 Å². The smallest absolute Gasteiger partial charge is 0.251 e. The molecule has 188 valence electrons. The lowest BCUT2D eigenvalue weighted by molar-refractivity contribution is -0.0301. The van der Waals surface area contributed by atoms with E-state index in [9.17, 15) is 9.59 Å². The van der Waals surface area contributed by atoms with Crippen molar-refractivity contribution in [1.29, 1.82) is 0 Å². The van der Waals surface area contributed by atoms with Gasteiger partial charge in [0.15, 0.2) is 5.78 Å². The number of ketones is 1. The van der Waals surface area contributed by atoms with Crippen molar-refractivity contribution in [3.63, 3.8) is 0 Å². The number of hydrogen-bond acceptors (Lipinski definition) is 4. The van der Waals surface area contributed by atoms with E-state index >= 15 is 0 Å². The molecule has 1 aromatic carbocycles. The van der Waals surface area contributed by atoms with Gasteiger partial charge in [0.05, 0.1) is 5.60 Å². The van der Waals surface area contributed by atoms with Crippen LogP contribution in [0.1, 0.15) is 109 Å². The highest BCUT2D eigenvalue weighted by molar-refractivity contribution is 6.00. The number of ether oxygens (including phenoxy) is 1. The van der Waals surface area contributed by atoms with E-state index in [2.05, 4.69) is 59.1 Å². The quantitative estimate of drug-likeness (QED) is 0.314. The fourth-order valence-corrected chi connectivity index (χ4v) is 3.81. The van der Waals surface area contributed by atoms with Crippen LogP contribution >= 0.6 is 0 Å². The number of amides is 1. The van der Waals surface area contributed by atoms with Gasteiger partial charge in [0.25, 0.3) is 5.91 Å². The van der Waals surface area contributed by atoms with Gasteiger partial charge in [-0.05, 0) is 78.0 Å². The Balaban J connectivity index is 2.60. The standard InChI is InChI=1S/C28H48N2O3/c1-10-22(19-20(2)3)25(31)23-11-13-24(14-12-23)26(32)30-27(6,7)16-18-33-28(8,9)15-17-29-21(4)5/h11-14,20-22,29H,10,15-19H2,1-9H3,(H,30,32). The molecule has 2 N–H and O–H groups in total. The van der Waals surface area contributed by atoms with E-state index < -0.39 is 5.54 Å². The highest BCUT2D eigenvalue weighted by Crippen LogP contribution is 2.21. The first kappa shape index (κ1) is 29.3. The monoisotopic (exact) mass is 460 g/mol. The summed E-state index contributed by atoms with van der Waals surface area (Å²) in [6, 6.07) is 7.54. The van der Waals surface area contributed by atoms with Crippen LogP contribution in [-0.4, -0.2) is 42.0 Å². The molecule has 5 nitrogen and oxygen atoms in total. The Hall–Kier alpha value is -1.72. The highest BCUT2D eigenvalue weighted by atomic mass is 16.5. The Morgan fingerprint density at radius 3 is 2.03 bits per heavy atom. The number of carbonyl (C=O) groups excluding carboxylic acids is 2. The van der Waals surface area contributed by atoms with Gasteiger partial charge in [-0.15, -0.1) is 0 Å². The predicted molar refractivity (Wildman–Crippen MR) is 138 cm³/mol. The Morgan fingerprint density at radius 2 is 1.52 bits per heavy atom. The van der Waals surface area contributed by atoms with Gasteiger partial charge in [-0.1, -0.05) is 46.8 Å². The lowest BCUT2D eigenvalue weighted by Gasteiger charge is -2.30. The number of rotatable bonds is 15. The summed E-state index contributed by atoms with van der Waals surface area (Å²) >= 11 is 0. The molecule has 33 heavy (non-hydrogen) atoms. The molecule has 0 aliphatic rings. The van der Waals surface area contributed by atoms with Gasteiger partial charge >= 0.3 is 0 Å². The van der Waals surface area contributed by atoms with Crippen LogP contribution in [0, 0.1) is 11.8 Å². The fraction of sp³-hybridized carbons (Fsp3) is 0.714. The highest BCUT2D eigenvalue weighted by Gasteiger charge is 2.25. The van der Waals surface area contributed by atoms with Crippen molar-refractivity contribution in [1.82, 2.24) is 10.6 Å². The summed E-state index contributed by atoms with van der Waals surface area (Å²) in [5, 5.41) is 6.53. The van der Waals surface area contributed by atoms with Crippen LogP contribution in [0.5, 0.6) is 0 Å². The summed E-state index contributed by atoms with van der Waals surface area (Å²) in [5.41, 5.74) is 0.636. The molecule has 0 aromatic heterocycles. The molecule has 1 unspecified atom stereocenters. The van der Waals surface area contributed by atoms with Crippen molar-refractivity contribution < 1.29 is 14.3 Å². The van der Waals surface area contributed by atoms with Crippen LogP contribution in [0.2, 0.25) is 0 Å². The molecule has 0 heterocycles. The van der Waals surface area contributed by atoms with E-state index in [1.54, 1.807) is 24.3 Å². The Kier molecular flexibility index (Phi) is 11.8. The predicted octanol–water partition coefficient (Wildman–Crippen LogP) is 6.02. The average Bonchev–Trinajstić information content (AvgIpc) is 2.70. The molecule has 0 bridgehead atoms. The van der Waals surface area contributed by atoms with Gasteiger partial charge in [-0.3, -0.25) is 9.59 Å². The number of benzene rings is 1. The average molecular weight is 461 g/mol. The minimum Gasteiger partial charge on any atom is -0.375 e. The van der Waals surface area contributed by atoms with E-state index in [0.717, 1.165) is 25.8 Å². The molecule has 0 fully saturated rings. The first-order valence-corrected chi connectivity index (χ1v) is 12.6. The Bertz CT molecular complexity index is 736. The third kappa shape index (κ3) is 11.3. The van der Waals surface area contributed by atoms with Gasteiger partial charge in [0, 0.05) is 35.2 Å². The molecule has 1 amide bonds. The normalized spacial score (nSPS) is 13.4. The second kappa shape index (κ2) is 13.2. The van der Waals surface area contributed by atoms with Gasteiger partial charge in [-0.25, -0.2) is 0 Å². The zero-order valence-corrected chi connectivity index (χ0v) is 22.5. The first-order valence-electron chi connectivity index (χ1n) is 12.6. The number of nitrogens with one attached hydrogen (secondary N) is 2. The zero-order chi connectivity index (χ0) is 25.2. The van der Waals surface area contributed by atoms with Crippen molar-refractivity contribution in [3.8, 4) is 0 Å². The molecular weight excluding hydrogens is 412 g/mol. The Morgan fingerprint density at radius 1 is 0.939 bits per heavy atom. The maximum Gasteiger partial charge on any atom is 0.251 e. The van der Waals surface area contributed by atoms with Gasteiger partial charge in [0.1, 0.15) is 0 Å². The zero-order valence-electron chi connectivity index (χ0n) is 22.5. The van der Waals surface area contributed by atoms with Crippen molar-refractivity contribution in [2.75, 3.05) is 13.2 Å². The maximum atomic E-state index is 12.8. The van der Waals surface area contributed by atoms with E-state index in [-0.39, 0.29) is 23.2 Å². The maximum absolute atomic E-state index is 12.8. The van der Waals surface area contributed by atoms with Crippen molar-refractivity contribution in [3.05, 3.63) is 35.4 Å². The summed E-state index contributed by atoms with van der Waals surface area (Å²) in [6.45, 7) is 20.3. The second-order valence-electron chi connectivity index (χ2n) is 11.2. The molecule has 0 saturated heterocycles. The Labute approximate surface area is 202 Å². The van der Waals surface area contributed by atoms with Gasteiger partial charge in [-0.2, -0.15) is 0 Å². The molecular formula is C28H48N2O3. The van der Waals surface area contributed by atoms with Crippen LogP contribution in [0.3, 0.4) is 0 Å². The number of Topliss-reactive ketones (excluding diaryl/α,β-unsaturated/α-hetero) is 1. The molecule has 0 saturated carbocycles. The topological polar surface area (TPSA) is 67.4 Å². The van der Waals surface area contributed by atoms with E-state index in [4.69, 9.17) is 4.74 Å². The van der Waals surface area contributed by atoms with Gasteiger partial charge in [0.2, 0.25) is 0 Å². The minimum atomic E-state index is -0.400. The summed E-state index contributed by atoms with van der Waals surface area (Å²) in [5.74, 6) is 0.557. The van der Waals surface area contributed by atoms with Crippen LogP contribution in [0.25, 0.3) is 0 Å².